The second-order valence-corrected chi connectivity index (χ2v) is 5.13. The van der Waals surface area contributed by atoms with Crippen LogP contribution in [0.25, 0.3) is 0 Å². The summed E-state index contributed by atoms with van der Waals surface area (Å²) in [5.74, 6) is 0.341. The van der Waals surface area contributed by atoms with Gasteiger partial charge in [0.2, 0.25) is 0 Å². The highest BCUT2D eigenvalue weighted by Gasteiger charge is 2.06. The molecule has 1 aromatic heterocycles. The maximum absolute atomic E-state index is 8.99. The van der Waals surface area contributed by atoms with Crippen molar-refractivity contribution in [2.75, 3.05) is 14.2 Å². The molecule has 0 fully saturated rings. The van der Waals surface area contributed by atoms with Gasteiger partial charge in [-0.3, -0.25) is 4.99 Å². The van der Waals surface area contributed by atoms with Crippen LogP contribution in [0.4, 0.5) is 0 Å². The number of ether oxygens (including phenoxy) is 1. The minimum Gasteiger partial charge on any atom is -0.392 e. The van der Waals surface area contributed by atoms with Crippen molar-refractivity contribution >= 4 is 17.4 Å². The van der Waals surface area contributed by atoms with E-state index in [1.807, 2.05) is 20.8 Å². The Morgan fingerprint density at radius 1 is 1.53 bits per heavy atom. The lowest BCUT2D eigenvalue weighted by Gasteiger charge is -2.14. The van der Waals surface area contributed by atoms with Gasteiger partial charge < -0.3 is 15.6 Å². The van der Waals surface area contributed by atoms with Gasteiger partial charge in [-0.2, -0.15) is 0 Å². The molecule has 0 aliphatic rings. The molecule has 0 aliphatic heterocycles. The van der Waals surface area contributed by atoms with Gasteiger partial charge in [0.1, 0.15) is 11.0 Å². The van der Waals surface area contributed by atoms with Crippen LogP contribution >= 0.6 is 11.6 Å². The summed E-state index contributed by atoms with van der Waals surface area (Å²) in [6.45, 7) is 5.93. The average molecular weight is 288 g/mol. The third-order valence-electron chi connectivity index (χ3n) is 2.26. The molecule has 0 amide bonds. The molecule has 0 unspecified atom stereocenters. The molecule has 5 nitrogen and oxygen atoms in total. The summed E-state index contributed by atoms with van der Waals surface area (Å²) in [4.78, 5) is 7.65. The van der Waals surface area contributed by atoms with E-state index in [9.17, 15) is 0 Å². The fraction of sp³-hybridized carbons (Fsp3) is 0.538. The van der Waals surface area contributed by atoms with Gasteiger partial charge in [0, 0.05) is 25.9 Å². The first-order valence-electron chi connectivity index (χ1n) is 5.78. The Hall–Kier alpha value is -1.17. The first-order chi connectivity index (χ1) is 8.75. The highest BCUT2D eigenvalue weighted by molar-refractivity contribution is 6.29. The molecular formula is C13H22ClN3O2. The molecule has 0 aromatic carbocycles. The predicted molar refractivity (Wildman–Crippen MR) is 78.6 cm³/mol. The summed E-state index contributed by atoms with van der Waals surface area (Å²) in [5.41, 5.74) is 6.87. The average Bonchev–Trinajstić information content (AvgIpc) is 2.37. The SMILES string of the molecule is CN=C(N)c1cnc(Cl)cc1CO.COC(C)(C)C. The van der Waals surface area contributed by atoms with Crippen molar-refractivity contribution in [1.29, 1.82) is 0 Å². The molecule has 19 heavy (non-hydrogen) atoms. The number of hydrogen-bond donors (Lipinski definition) is 2. The topological polar surface area (TPSA) is 80.7 Å². The fourth-order valence-electron chi connectivity index (χ4n) is 0.950. The monoisotopic (exact) mass is 287 g/mol. The number of rotatable bonds is 2. The molecule has 6 heteroatoms. The zero-order chi connectivity index (χ0) is 15.1. The van der Waals surface area contributed by atoms with Crippen LogP contribution < -0.4 is 5.73 Å². The number of halogens is 1. The summed E-state index contributed by atoms with van der Waals surface area (Å²) >= 11 is 5.64. The lowest BCUT2D eigenvalue weighted by molar-refractivity contribution is 0.0397. The van der Waals surface area contributed by atoms with E-state index in [2.05, 4.69) is 9.98 Å². The molecule has 0 bridgehead atoms. The van der Waals surface area contributed by atoms with Gasteiger partial charge in [-0.1, -0.05) is 11.6 Å². The summed E-state index contributed by atoms with van der Waals surface area (Å²) < 4.78 is 4.94. The molecule has 1 heterocycles. The number of pyridine rings is 1. The number of methoxy groups -OCH3 is 1. The minimum absolute atomic E-state index is 0.0417. The molecular weight excluding hydrogens is 266 g/mol. The van der Waals surface area contributed by atoms with E-state index < -0.39 is 0 Å². The number of aromatic nitrogens is 1. The largest absolute Gasteiger partial charge is 0.392 e. The molecule has 0 saturated heterocycles. The second kappa shape index (κ2) is 8.09. The number of amidine groups is 1. The molecule has 0 atom stereocenters. The van der Waals surface area contributed by atoms with Gasteiger partial charge in [0.15, 0.2) is 0 Å². The van der Waals surface area contributed by atoms with Gasteiger partial charge in [-0.25, -0.2) is 4.98 Å². The number of aliphatic hydroxyl groups excluding tert-OH is 1. The van der Waals surface area contributed by atoms with Crippen LogP contribution in [-0.2, 0) is 11.3 Å². The Kier molecular flexibility index (Phi) is 7.59. The molecule has 108 valence electrons. The van der Waals surface area contributed by atoms with Crippen LogP contribution in [0.5, 0.6) is 0 Å². The van der Waals surface area contributed by atoms with Crippen molar-refractivity contribution in [2.45, 2.75) is 33.0 Å². The molecule has 0 radical (unpaired) electrons. The van der Waals surface area contributed by atoms with E-state index in [0.717, 1.165) is 0 Å². The van der Waals surface area contributed by atoms with Crippen molar-refractivity contribution in [2.24, 2.45) is 10.7 Å². The van der Waals surface area contributed by atoms with E-state index in [1.165, 1.54) is 6.20 Å². The molecule has 0 spiro atoms. The Bertz CT molecular complexity index is 428. The van der Waals surface area contributed by atoms with Crippen molar-refractivity contribution in [3.63, 3.8) is 0 Å². The highest BCUT2D eigenvalue weighted by Crippen LogP contribution is 2.12. The number of aliphatic hydroxyl groups is 1. The smallest absolute Gasteiger partial charge is 0.129 e. The van der Waals surface area contributed by atoms with Crippen LogP contribution in [0.15, 0.2) is 17.3 Å². The lowest BCUT2D eigenvalue weighted by Crippen LogP contribution is -2.16. The number of nitrogens with zero attached hydrogens (tertiary/aromatic N) is 2. The quantitative estimate of drug-likeness (QED) is 0.495. The number of aliphatic imine (C=N–C) groups is 1. The molecule has 3 N–H and O–H groups in total. The minimum atomic E-state index is -0.131. The van der Waals surface area contributed by atoms with Crippen LogP contribution in [0.1, 0.15) is 31.9 Å². The van der Waals surface area contributed by atoms with Gasteiger partial charge in [0.05, 0.1) is 12.2 Å². The summed E-state index contributed by atoms with van der Waals surface area (Å²) in [7, 11) is 3.28. The van der Waals surface area contributed by atoms with Crippen molar-refractivity contribution in [3.8, 4) is 0 Å². The van der Waals surface area contributed by atoms with Crippen LogP contribution in [0.3, 0.4) is 0 Å². The summed E-state index contributed by atoms with van der Waals surface area (Å²) in [6, 6.07) is 1.56. The van der Waals surface area contributed by atoms with E-state index >= 15 is 0 Å². The third kappa shape index (κ3) is 7.10. The predicted octanol–water partition coefficient (Wildman–Crippen LogP) is 1.99. The van der Waals surface area contributed by atoms with Crippen LogP contribution in [-0.4, -0.2) is 35.7 Å². The van der Waals surface area contributed by atoms with Gasteiger partial charge in [-0.05, 0) is 32.4 Å². The number of hydrogen-bond acceptors (Lipinski definition) is 4. The standard InChI is InChI=1S/C8H10ClN3O.C5H12O/c1-11-8(10)6-3-12-7(9)2-5(6)4-13;1-5(2,3)6-4/h2-3,13H,4H2,1H3,(H2,10,11);1-4H3. The van der Waals surface area contributed by atoms with Gasteiger partial charge in [-0.15, -0.1) is 0 Å². The molecule has 0 saturated carbocycles. The lowest BCUT2D eigenvalue weighted by atomic mass is 10.1. The third-order valence-corrected chi connectivity index (χ3v) is 2.46. The molecule has 1 rings (SSSR count). The van der Waals surface area contributed by atoms with E-state index in [0.29, 0.717) is 22.1 Å². The Morgan fingerprint density at radius 2 is 2.05 bits per heavy atom. The van der Waals surface area contributed by atoms with Gasteiger partial charge in [0.25, 0.3) is 0 Å². The summed E-state index contributed by atoms with van der Waals surface area (Å²) in [5, 5.41) is 9.32. The first kappa shape index (κ1) is 17.8. The van der Waals surface area contributed by atoms with Crippen molar-refractivity contribution < 1.29 is 9.84 Å². The maximum Gasteiger partial charge on any atom is 0.129 e. The van der Waals surface area contributed by atoms with Gasteiger partial charge >= 0.3 is 0 Å². The molecule has 1 aromatic rings. The van der Waals surface area contributed by atoms with Crippen molar-refractivity contribution in [1.82, 2.24) is 4.98 Å². The van der Waals surface area contributed by atoms with Crippen LogP contribution in [0, 0.1) is 0 Å². The Labute approximate surface area is 119 Å². The van der Waals surface area contributed by atoms with E-state index in [-0.39, 0.29) is 12.2 Å². The zero-order valence-corrected chi connectivity index (χ0v) is 12.8. The summed E-state index contributed by atoms with van der Waals surface area (Å²) in [6.07, 6.45) is 1.50. The highest BCUT2D eigenvalue weighted by atomic mass is 35.5. The van der Waals surface area contributed by atoms with Crippen molar-refractivity contribution in [3.05, 3.63) is 28.5 Å². The normalized spacial score (nSPS) is 11.8. The maximum atomic E-state index is 8.99. The first-order valence-corrected chi connectivity index (χ1v) is 6.16. The fourth-order valence-corrected chi connectivity index (χ4v) is 1.13. The Morgan fingerprint density at radius 3 is 2.42 bits per heavy atom. The second-order valence-electron chi connectivity index (χ2n) is 4.75. The van der Waals surface area contributed by atoms with E-state index in [4.69, 9.17) is 27.2 Å². The zero-order valence-electron chi connectivity index (χ0n) is 12.1. The molecule has 0 aliphatic carbocycles. The van der Waals surface area contributed by atoms with Crippen LogP contribution in [0.2, 0.25) is 5.15 Å². The number of nitrogens with two attached hydrogens (primary N) is 1. The Balaban J connectivity index is 0.000000459. The van der Waals surface area contributed by atoms with E-state index in [1.54, 1.807) is 20.2 Å².